The topological polar surface area (TPSA) is 101 Å². The molecular weight excluding hydrogens is 476 g/mol. The zero-order chi connectivity index (χ0) is 25.0. The number of hydrogen-bond donors (Lipinski definition) is 1. The number of alkyl halides is 2. The van der Waals surface area contributed by atoms with E-state index in [1.54, 1.807) is 36.4 Å². The van der Waals surface area contributed by atoms with Crippen molar-refractivity contribution in [3.8, 4) is 17.1 Å². The van der Waals surface area contributed by atoms with Gasteiger partial charge in [0.1, 0.15) is 0 Å². The highest BCUT2D eigenvalue weighted by Crippen LogP contribution is 2.36. The van der Waals surface area contributed by atoms with Crippen LogP contribution in [-0.4, -0.2) is 34.7 Å². The second-order valence-electron chi connectivity index (χ2n) is 8.41. The molecule has 11 heteroatoms. The summed E-state index contributed by atoms with van der Waals surface area (Å²) >= 11 is 0. The average Bonchev–Trinajstić information content (AvgIpc) is 3.05. The van der Waals surface area contributed by atoms with Gasteiger partial charge in [-0.05, 0) is 49.7 Å². The summed E-state index contributed by atoms with van der Waals surface area (Å²) in [5.41, 5.74) is 1.42. The van der Waals surface area contributed by atoms with Gasteiger partial charge in [0.2, 0.25) is 0 Å². The number of benzene rings is 1. The third-order valence-electron chi connectivity index (χ3n) is 5.94. The van der Waals surface area contributed by atoms with E-state index in [0.29, 0.717) is 16.8 Å². The van der Waals surface area contributed by atoms with E-state index in [-0.39, 0.29) is 35.1 Å². The minimum Gasteiger partial charge on any atom is -0.288 e. The molecule has 1 aliphatic rings. The lowest BCUT2D eigenvalue weighted by atomic mass is 10.1. The van der Waals surface area contributed by atoms with E-state index in [1.165, 1.54) is 27.3 Å². The van der Waals surface area contributed by atoms with Gasteiger partial charge in [0.25, 0.3) is 21.5 Å². The number of anilines is 1. The van der Waals surface area contributed by atoms with Gasteiger partial charge < -0.3 is 0 Å². The summed E-state index contributed by atoms with van der Waals surface area (Å²) in [7, 11) is -3.94. The number of aromatic amines is 1. The fourth-order valence-electron chi connectivity index (χ4n) is 4.05. The van der Waals surface area contributed by atoms with Crippen molar-refractivity contribution >= 4 is 15.8 Å². The molecule has 1 aliphatic heterocycles. The number of aromatic nitrogens is 4. The Bertz CT molecular complexity index is 1570. The molecule has 0 atom stereocenters. The van der Waals surface area contributed by atoms with Crippen molar-refractivity contribution in [3.05, 3.63) is 88.0 Å². The largest absolute Gasteiger partial charge is 0.288 e. The van der Waals surface area contributed by atoms with Gasteiger partial charge in [-0.3, -0.25) is 9.89 Å². The zero-order valence-corrected chi connectivity index (χ0v) is 19.7. The second kappa shape index (κ2) is 8.12. The van der Waals surface area contributed by atoms with E-state index in [1.807, 2.05) is 6.92 Å². The number of nitrogens with zero attached hydrogens (tertiary/aromatic N) is 4. The second-order valence-corrected chi connectivity index (χ2v) is 10.3. The number of nitrogens with one attached hydrogen (secondary N) is 1. The number of halogens is 2. The maximum absolute atomic E-state index is 13.6. The minimum atomic E-state index is -3.94. The minimum absolute atomic E-state index is 0.00522. The SMILES string of the molecule is Cc1ccc(S(=O)(=O)N2CCc3c([nH]n(-c4ccc(C(C)(F)F)cn4)c3=O)-c3cccnc32)cc1. The molecule has 0 saturated carbocycles. The Balaban J connectivity index is 1.61. The molecule has 0 fully saturated rings. The van der Waals surface area contributed by atoms with E-state index in [2.05, 4.69) is 15.1 Å². The van der Waals surface area contributed by atoms with Crippen molar-refractivity contribution in [2.24, 2.45) is 0 Å². The lowest BCUT2D eigenvalue weighted by Crippen LogP contribution is -2.34. The van der Waals surface area contributed by atoms with E-state index in [4.69, 9.17) is 0 Å². The van der Waals surface area contributed by atoms with Crippen LogP contribution in [0.15, 0.2) is 70.6 Å². The standard InChI is InChI=1S/C24H21F2N5O3S/c1-15-5-8-17(9-6-15)35(33,34)30-13-11-19-21(18-4-3-12-27-22(18)30)29-31(23(19)32)20-10-7-16(14-28-20)24(2,25)26/h3-10,12,14,29H,11,13H2,1-2H3. The molecule has 0 bridgehead atoms. The summed E-state index contributed by atoms with van der Waals surface area (Å²) in [5.74, 6) is -2.72. The number of aryl methyl sites for hydroxylation is 1. The van der Waals surface area contributed by atoms with Gasteiger partial charge in [-0.1, -0.05) is 17.7 Å². The summed E-state index contributed by atoms with van der Waals surface area (Å²) < 4.78 is 56.5. The molecule has 0 spiro atoms. The van der Waals surface area contributed by atoms with Crippen molar-refractivity contribution in [1.29, 1.82) is 0 Å². The Morgan fingerprint density at radius 3 is 2.46 bits per heavy atom. The predicted molar refractivity (Wildman–Crippen MR) is 126 cm³/mol. The van der Waals surface area contributed by atoms with Crippen LogP contribution in [0.25, 0.3) is 17.1 Å². The van der Waals surface area contributed by atoms with Gasteiger partial charge in [0, 0.05) is 42.6 Å². The number of pyridine rings is 2. The number of fused-ring (bicyclic) bond motifs is 3. The highest BCUT2D eigenvalue weighted by Gasteiger charge is 2.33. The molecule has 35 heavy (non-hydrogen) atoms. The summed E-state index contributed by atoms with van der Waals surface area (Å²) in [4.78, 5) is 21.8. The first-order chi connectivity index (χ1) is 16.6. The Kier molecular flexibility index (Phi) is 5.32. The molecule has 8 nitrogen and oxygen atoms in total. The number of sulfonamides is 1. The quantitative estimate of drug-likeness (QED) is 0.462. The maximum Gasteiger partial charge on any atom is 0.276 e. The van der Waals surface area contributed by atoms with Gasteiger partial charge in [0.15, 0.2) is 11.6 Å². The van der Waals surface area contributed by atoms with Crippen molar-refractivity contribution < 1.29 is 17.2 Å². The number of H-pyrrole nitrogens is 1. The van der Waals surface area contributed by atoms with Crippen LogP contribution in [0.2, 0.25) is 0 Å². The first kappa shape index (κ1) is 22.9. The Labute approximate surface area is 199 Å². The molecule has 0 radical (unpaired) electrons. The molecule has 1 N–H and O–H groups in total. The highest BCUT2D eigenvalue weighted by molar-refractivity contribution is 7.92. The molecule has 180 valence electrons. The summed E-state index contributed by atoms with van der Waals surface area (Å²) in [6.07, 6.45) is 2.63. The van der Waals surface area contributed by atoms with E-state index >= 15 is 0 Å². The number of hydrogen-bond acceptors (Lipinski definition) is 5. The van der Waals surface area contributed by atoms with Crippen LogP contribution in [0.4, 0.5) is 14.6 Å². The third-order valence-corrected chi connectivity index (χ3v) is 7.74. The van der Waals surface area contributed by atoms with E-state index < -0.39 is 21.5 Å². The first-order valence-electron chi connectivity index (χ1n) is 10.8. The molecule has 0 unspecified atom stereocenters. The fraction of sp³-hybridized carbons (Fsp3) is 0.208. The molecule has 4 heterocycles. The fourth-order valence-corrected chi connectivity index (χ4v) is 5.49. The first-order valence-corrected chi connectivity index (χ1v) is 12.2. The maximum atomic E-state index is 13.6. The smallest absolute Gasteiger partial charge is 0.276 e. The van der Waals surface area contributed by atoms with Crippen molar-refractivity contribution in [3.63, 3.8) is 0 Å². The molecule has 4 aromatic rings. The van der Waals surface area contributed by atoms with E-state index in [9.17, 15) is 22.0 Å². The Morgan fingerprint density at radius 1 is 1.06 bits per heavy atom. The van der Waals surface area contributed by atoms with Crippen LogP contribution in [0.1, 0.15) is 23.6 Å². The van der Waals surface area contributed by atoms with Crippen molar-refractivity contribution in [2.45, 2.75) is 31.1 Å². The highest BCUT2D eigenvalue weighted by atomic mass is 32.2. The normalized spacial score (nSPS) is 13.8. The number of rotatable bonds is 4. The third kappa shape index (κ3) is 3.91. The van der Waals surface area contributed by atoms with Gasteiger partial charge in [-0.25, -0.2) is 36.2 Å². The van der Waals surface area contributed by atoms with Gasteiger partial charge in [0.05, 0.1) is 10.6 Å². The van der Waals surface area contributed by atoms with Crippen LogP contribution >= 0.6 is 0 Å². The molecular formula is C24H21F2N5O3S. The van der Waals surface area contributed by atoms with Crippen LogP contribution < -0.4 is 9.86 Å². The van der Waals surface area contributed by atoms with Gasteiger partial charge in [-0.15, -0.1) is 0 Å². The van der Waals surface area contributed by atoms with Crippen molar-refractivity contribution in [2.75, 3.05) is 10.8 Å². The van der Waals surface area contributed by atoms with Crippen LogP contribution in [0.3, 0.4) is 0 Å². The predicted octanol–water partition coefficient (Wildman–Crippen LogP) is 3.79. The lowest BCUT2D eigenvalue weighted by molar-refractivity contribution is 0.0171. The van der Waals surface area contributed by atoms with Crippen LogP contribution in [-0.2, 0) is 22.4 Å². The molecule has 0 saturated heterocycles. The Morgan fingerprint density at radius 2 is 1.80 bits per heavy atom. The van der Waals surface area contributed by atoms with E-state index in [0.717, 1.165) is 18.7 Å². The van der Waals surface area contributed by atoms with Gasteiger partial charge in [-0.2, -0.15) is 0 Å². The van der Waals surface area contributed by atoms with Crippen molar-refractivity contribution in [1.82, 2.24) is 19.7 Å². The molecule has 0 amide bonds. The Hall–Kier alpha value is -3.86. The monoisotopic (exact) mass is 497 g/mol. The molecule has 3 aromatic heterocycles. The lowest BCUT2D eigenvalue weighted by Gasteiger charge is -2.23. The average molecular weight is 498 g/mol. The summed E-state index contributed by atoms with van der Waals surface area (Å²) in [6, 6.07) is 12.4. The summed E-state index contributed by atoms with van der Waals surface area (Å²) in [6.45, 7) is 2.63. The van der Waals surface area contributed by atoms with Crippen LogP contribution in [0, 0.1) is 6.92 Å². The van der Waals surface area contributed by atoms with Gasteiger partial charge >= 0.3 is 0 Å². The molecule has 0 aliphatic carbocycles. The molecule has 1 aromatic carbocycles. The van der Waals surface area contributed by atoms with Crippen LogP contribution in [0.5, 0.6) is 0 Å². The zero-order valence-electron chi connectivity index (χ0n) is 18.9. The summed E-state index contributed by atoms with van der Waals surface area (Å²) in [5, 5.41) is 2.98. The molecule has 5 rings (SSSR count).